The molecular formula is C13H16N2O3S2. The molecule has 2 rings (SSSR count). The van der Waals surface area contributed by atoms with Gasteiger partial charge in [0.05, 0.1) is 11.4 Å². The summed E-state index contributed by atoms with van der Waals surface area (Å²) in [6.45, 7) is 1.40. The van der Waals surface area contributed by atoms with E-state index in [-0.39, 0.29) is 4.90 Å². The monoisotopic (exact) mass is 312 g/mol. The molecule has 3 N–H and O–H groups in total. The standard InChI is InChI=1S/C13H16N2O3S2/c14-20(16,17)12-4-1-10(2-5-12)7-8-15-9-11-3-6-13(19)18-11/h1-6,15,19H,7-9H2,(H2,14,16,17). The van der Waals surface area contributed by atoms with Crippen molar-refractivity contribution in [3.8, 4) is 0 Å². The van der Waals surface area contributed by atoms with Crippen molar-refractivity contribution < 1.29 is 12.8 Å². The molecule has 0 atom stereocenters. The number of hydrogen-bond donors (Lipinski definition) is 3. The van der Waals surface area contributed by atoms with E-state index in [0.29, 0.717) is 11.6 Å². The zero-order chi connectivity index (χ0) is 14.6. The van der Waals surface area contributed by atoms with Crippen molar-refractivity contribution in [2.45, 2.75) is 23.0 Å². The first kappa shape index (κ1) is 15.1. The summed E-state index contributed by atoms with van der Waals surface area (Å²) in [4.78, 5) is 0.131. The van der Waals surface area contributed by atoms with Gasteiger partial charge in [0.1, 0.15) is 5.76 Å². The van der Waals surface area contributed by atoms with E-state index in [1.54, 1.807) is 18.2 Å². The fourth-order valence-electron chi connectivity index (χ4n) is 1.75. The topological polar surface area (TPSA) is 85.3 Å². The number of sulfonamides is 1. The van der Waals surface area contributed by atoms with Crippen molar-refractivity contribution in [3.05, 3.63) is 47.7 Å². The van der Waals surface area contributed by atoms with Gasteiger partial charge in [-0.25, -0.2) is 13.6 Å². The van der Waals surface area contributed by atoms with Crippen LogP contribution in [0, 0.1) is 0 Å². The van der Waals surface area contributed by atoms with Gasteiger partial charge in [-0.3, -0.25) is 0 Å². The largest absolute Gasteiger partial charge is 0.454 e. The van der Waals surface area contributed by atoms with Gasteiger partial charge in [0, 0.05) is 0 Å². The van der Waals surface area contributed by atoms with Crippen molar-refractivity contribution in [1.29, 1.82) is 0 Å². The normalized spacial score (nSPS) is 11.7. The van der Waals surface area contributed by atoms with Crippen LogP contribution in [0.2, 0.25) is 0 Å². The lowest BCUT2D eigenvalue weighted by Gasteiger charge is -2.04. The molecule has 0 fully saturated rings. The quantitative estimate of drug-likeness (QED) is 0.558. The minimum Gasteiger partial charge on any atom is -0.454 e. The molecule has 1 aromatic heterocycles. The molecule has 1 aromatic carbocycles. The van der Waals surface area contributed by atoms with Gasteiger partial charge in [0.25, 0.3) is 0 Å². The van der Waals surface area contributed by atoms with Crippen LogP contribution in [0.5, 0.6) is 0 Å². The molecule has 20 heavy (non-hydrogen) atoms. The molecule has 0 aliphatic heterocycles. The van der Waals surface area contributed by atoms with Crippen LogP contribution in [0.25, 0.3) is 0 Å². The summed E-state index contributed by atoms with van der Waals surface area (Å²) in [6, 6.07) is 10.2. The number of hydrogen-bond acceptors (Lipinski definition) is 5. The van der Waals surface area contributed by atoms with Gasteiger partial charge in [-0.1, -0.05) is 12.1 Å². The van der Waals surface area contributed by atoms with Gasteiger partial charge in [-0.15, -0.1) is 12.6 Å². The van der Waals surface area contributed by atoms with E-state index in [0.717, 1.165) is 24.3 Å². The molecule has 0 bridgehead atoms. The summed E-state index contributed by atoms with van der Waals surface area (Å²) >= 11 is 4.09. The van der Waals surface area contributed by atoms with Crippen LogP contribution in [-0.4, -0.2) is 15.0 Å². The third-order valence-electron chi connectivity index (χ3n) is 2.79. The Morgan fingerprint density at radius 2 is 1.85 bits per heavy atom. The Morgan fingerprint density at radius 1 is 1.15 bits per heavy atom. The predicted molar refractivity (Wildman–Crippen MR) is 79.2 cm³/mol. The maximum atomic E-state index is 11.1. The van der Waals surface area contributed by atoms with Crippen molar-refractivity contribution >= 4 is 22.7 Å². The van der Waals surface area contributed by atoms with Crippen LogP contribution < -0.4 is 10.5 Å². The molecule has 1 heterocycles. The molecule has 2 aromatic rings. The van der Waals surface area contributed by atoms with E-state index in [4.69, 9.17) is 9.56 Å². The van der Waals surface area contributed by atoms with Crippen molar-refractivity contribution in [2.75, 3.05) is 6.54 Å². The number of rotatable bonds is 6. The zero-order valence-electron chi connectivity index (χ0n) is 10.7. The average Bonchev–Trinajstić information content (AvgIpc) is 2.80. The number of benzene rings is 1. The lowest BCUT2D eigenvalue weighted by Crippen LogP contribution is -2.16. The summed E-state index contributed by atoms with van der Waals surface area (Å²) < 4.78 is 27.5. The van der Waals surface area contributed by atoms with Gasteiger partial charge in [-0.2, -0.15) is 0 Å². The van der Waals surface area contributed by atoms with Gasteiger partial charge in [0.2, 0.25) is 10.0 Å². The molecule has 0 aliphatic rings. The summed E-state index contributed by atoms with van der Waals surface area (Å²) in [7, 11) is -3.61. The minimum atomic E-state index is -3.61. The highest BCUT2D eigenvalue weighted by molar-refractivity contribution is 7.89. The summed E-state index contributed by atoms with van der Waals surface area (Å²) in [5, 5.41) is 8.87. The Kier molecular flexibility index (Phi) is 4.87. The van der Waals surface area contributed by atoms with E-state index in [2.05, 4.69) is 17.9 Å². The molecule has 0 amide bonds. The second-order valence-corrected chi connectivity index (χ2v) is 6.36. The first-order chi connectivity index (χ1) is 9.45. The van der Waals surface area contributed by atoms with Crippen LogP contribution in [0.1, 0.15) is 11.3 Å². The third kappa shape index (κ3) is 4.38. The second-order valence-electron chi connectivity index (χ2n) is 4.36. The number of thiol groups is 1. The van der Waals surface area contributed by atoms with Crippen LogP contribution >= 0.6 is 12.6 Å². The van der Waals surface area contributed by atoms with E-state index in [1.165, 1.54) is 12.1 Å². The molecule has 0 saturated heterocycles. The molecule has 0 radical (unpaired) electrons. The van der Waals surface area contributed by atoms with Gasteiger partial charge in [-0.05, 0) is 42.8 Å². The number of primary sulfonamides is 1. The Hall–Kier alpha value is -1.28. The lowest BCUT2D eigenvalue weighted by atomic mass is 10.1. The molecule has 0 saturated carbocycles. The molecule has 0 unspecified atom stereocenters. The van der Waals surface area contributed by atoms with Crippen molar-refractivity contribution in [3.63, 3.8) is 0 Å². The number of furan rings is 1. The first-order valence-corrected chi connectivity index (χ1v) is 8.04. The molecule has 108 valence electrons. The Bertz CT molecular complexity index is 663. The average molecular weight is 312 g/mol. The number of nitrogens with one attached hydrogen (secondary N) is 1. The SMILES string of the molecule is NS(=O)(=O)c1ccc(CCNCc2ccc(S)o2)cc1. The van der Waals surface area contributed by atoms with E-state index in [1.807, 2.05) is 6.07 Å². The second kappa shape index (κ2) is 6.45. The highest BCUT2D eigenvalue weighted by atomic mass is 32.2. The fraction of sp³-hybridized carbons (Fsp3) is 0.231. The summed E-state index contributed by atoms with van der Waals surface area (Å²) in [6.07, 6.45) is 0.791. The highest BCUT2D eigenvalue weighted by Gasteiger charge is 2.06. The maximum Gasteiger partial charge on any atom is 0.238 e. The van der Waals surface area contributed by atoms with E-state index < -0.39 is 10.0 Å². The van der Waals surface area contributed by atoms with Crippen LogP contribution in [-0.2, 0) is 23.0 Å². The van der Waals surface area contributed by atoms with E-state index in [9.17, 15) is 8.42 Å². The van der Waals surface area contributed by atoms with Crippen LogP contribution in [0.4, 0.5) is 0 Å². The maximum absolute atomic E-state index is 11.1. The van der Waals surface area contributed by atoms with Crippen molar-refractivity contribution in [1.82, 2.24) is 5.32 Å². The summed E-state index contributed by atoms with van der Waals surface area (Å²) in [5.41, 5.74) is 1.04. The van der Waals surface area contributed by atoms with Gasteiger partial charge >= 0.3 is 0 Å². The first-order valence-electron chi connectivity index (χ1n) is 6.05. The summed E-state index contributed by atoms with van der Waals surface area (Å²) in [5.74, 6) is 0.833. The Labute approximate surface area is 123 Å². The number of nitrogens with two attached hydrogens (primary N) is 1. The van der Waals surface area contributed by atoms with Crippen LogP contribution in [0.3, 0.4) is 0 Å². The van der Waals surface area contributed by atoms with Gasteiger partial charge in [0.15, 0.2) is 5.09 Å². The third-order valence-corrected chi connectivity index (χ3v) is 3.96. The Morgan fingerprint density at radius 3 is 2.40 bits per heavy atom. The van der Waals surface area contributed by atoms with Crippen LogP contribution in [0.15, 0.2) is 50.8 Å². The molecule has 7 heteroatoms. The molecule has 5 nitrogen and oxygen atoms in total. The minimum absolute atomic E-state index is 0.131. The highest BCUT2D eigenvalue weighted by Crippen LogP contribution is 2.11. The Balaban J connectivity index is 1.80. The zero-order valence-corrected chi connectivity index (χ0v) is 12.5. The van der Waals surface area contributed by atoms with E-state index >= 15 is 0 Å². The smallest absolute Gasteiger partial charge is 0.238 e. The molecule has 0 aliphatic carbocycles. The van der Waals surface area contributed by atoms with Crippen molar-refractivity contribution in [2.24, 2.45) is 5.14 Å². The fourth-order valence-corrected chi connectivity index (χ4v) is 2.46. The predicted octanol–water partition coefficient (Wildman–Crippen LogP) is 1.55. The molecule has 0 spiro atoms. The van der Waals surface area contributed by atoms with Gasteiger partial charge < -0.3 is 9.73 Å². The lowest BCUT2D eigenvalue weighted by molar-refractivity contribution is 0.419. The molecular weight excluding hydrogens is 296 g/mol.